The third-order valence-corrected chi connectivity index (χ3v) is 6.50. The maximum absolute atomic E-state index is 13.0. The standard InChI is InChI=1S/C23H29N5O/c29-23(17-4-6-20(7-5-17)27-11-2-1-3-12-27)28-13-9-18(16-28)22-25-15-19-14-24-10-8-21(19)26-22/h4-7,15,18,24H,1-3,8-14,16H2/t18-/m1/s1. The molecular formula is C23H29N5O. The van der Waals surface area contributed by atoms with Crippen molar-refractivity contribution >= 4 is 11.6 Å². The average molecular weight is 392 g/mol. The Labute approximate surface area is 172 Å². The highest BCUT2D eigenvalue weighted by Crippen LogP contribution is 2.27. The summed E-state index contributed by atoms with van der Waals surface area (Å²) in [6, 6.07) is 8.18. The number of carbonyl (C=O) groups excluding carboxylic acids is 1. The zero-order valence-electron chi connectivity index (χ0n) is 16.9. The fraction of sp³-hybridized carbons (Fsp3) is 0.522. The van der Waals surface area contributed by atoms with Crippen molar-refractivity contribution in [3.63, 3.8) is 0 Å². The molecule has 0 aliphatic carbocycles. The number of nitrogens with one attached hydrogen (secondary N) is 1. The second kappa shape index (κ2) is 8.11. The summed E-state index contributed by atoms with van der Waals surface area (Å²) in [4.78, 5) is 26.8. The molecule has 3 aliphatic rings. The highest BCUT2D eigenvalue weighted by Gasteiger charge is 2.30. The molecule has 1 N–H and O–H groups in total. The minimum absolute atomic E-state index is 0.125. The van der Waals surface area contributed by atoms with Crippen LogP contribution in [0.1, 0.15) is 59.0 Å². The summed E-state index contributed by atoms with van der Waals surface area (Å²) in [6.07, 6.45) is 7.72. The van der Waals surface area contributed by atoms with E-state index in [-0.39, 0.29) is 11.8 Å². The summed E-state index contributed by atoms with van der Waals surface area (Å²) in [5.74, 6) is 1.27. The molecular weight excluding hydrogens is 362 g/mol. The van der Waals surface area contributed by atoms with E-state index < -0.39 is 0 Å². The molecule has 2 fully saturated rings. The quantitative estimate of drug-likeness (QED) is 0.872. The number of hydrogen-bond acceptors (Lipinski definition) is 5. The van der Waals surface area contributed by atoms with Crippen molar-refractivity contribution in [1.29, 1.82) is 0 Å². The maximum Gasteiger partial charge on any atom is 0.253 e. The van der Waals surface area contributed by atoms with Crippen LogP contribution in [0.15, 0.2) is 30.5 Å². The van der Waals surface area contributed by atoms with Crippen molar-refractivity contribution in [3.8, 4) is 0 Å². The molecule has 0 unspecified atom stereocenters. The normalized spacial score (nSPS) is 21.9. The van der Waals surface area contributed by atoms with E-state index >= 15 is 0 Å². The predicted molar refractivity (Wildman–Crippen MR) is 113 cm³/mol. The molecule has 3 aliphatic heterocycles. The molecule has 29 heavy (non-hydrogen) atoms. The van der Waals surface area contributed by atoms with Crippen LogP contribution in [0.4, 0.5) is 5.69 Å². The van der Waals surface area contributed by atoms with Crippen molar-refractivity contribution in [2.24, 2.45) is 0 Å². The van der Waals surface area contributed by atoms with Crippen molar-refractivity contribution in [3.05, 3.63) is 53.1 Å². The topological polar surface area (TPSA) is 61.4 Å². The van der Waals surface area contributed by atoms with Gasteiger partial charge in [-0.1, -0.05) is 0 Å². The van der Waals surface area contributed by atoms with Crippen LogP contribution < -0.4 is 10.2 Å². The van der Waals surface area contributed by atoms with Gasteiger partial charge in [0.2, 0.25) is 0 Å². The fourth-order valence-electron chi connectivity index (χ4n) is 4.75. The van der Waals surface area contributed by atoms with Crippen molar-refractivity contribution in [2.75, 3.05) is 37.6 Å². The number of benzene rings is 1. The first-order valence-corrected chi connectivity index (χ1v) is 11.0. The molecule has 152 valence electrons. The molecule has 0 spiro atoms. The molecule has 2 aromatic rings. The lowest BCUT2D eigenvalue weighted by molar-refractivity contribution is 0.0790. The third kappa shape index (κ3) is 3.86. The minimum Gasteiger partial charge on any atom is -0.372 e. The van der Waals surface area contributed by atoms with Crippen LogP contribution in [-0.4, -0.2) is 53.5 Å². The van der Waals surface area contributed by atoms with Crippen LogP contribution in [0, 0.1) is 0 Å². The van der Waals surface area contributed by atoms with Gasteiger partial charge in [0.05, 0.1) is 0 Å². The van der Waals surface area contributed by atoms with Crippen LogP contribution in [-0.2, 0) is 13.0 Å². The first kappa shape index (κ1) is 18.6. The van der Waals surface area contributed by atoms with E-state index in [1.54, 1.807) is 0 Å². The van der Waals surface area contributed by atoms with Crippen LogP contribution in [0.25, 0.3) is 0 Å². The number of rotatable bonds is 3. The smallest absolute Gasteiger partial charge is 0.253 e. The van der Waals surface area contributed by atoms with Gasteiger partial charge in [0.25, 0.3) is 5.91 Å². The zero-order chi connectivity index (χ0) is 19.6. The molecule has 6 nitrogen and oxygen atoms in total. The first-order chi connectivity index (χ1) is 14.3. The van der Waals surface area contributed by atoms with Crippen molar-refractivity contribution < 1.29 is 4.79 Å². The number of aromatic nitrogens is 2. The first-order valence-electron chi connectivity index (χ1n) is 11.0. The molecule has 0 saturated carbocycles. The van der Waals surface area contributed by atoms with Gasteiger partial charge < -0.3 is 15.1 Å². The molecule has 1 aromatic carbocycles. The lowest BCUT2D eigenvalue weighted by Gasteiger charge is -2.29. The lowest BCUT2D eigenvalue weighted by atomic mass is 10.1. The van der Waals surface area contributed by atoms with Gasteiger partial charge in [-0.15, -0.1) is 0 Å². The SMILES string of the molecule is O=C(c1ccc(N2CCCCC2)cc1)N1CC[C@@H](c2ncc3c(n2)CCNC3)C1. The Morgan fingerprint density at radius 1 is 1.07 bits per heavy atom. The van der Waals surface area contributed by atoms with E-state index in [0.717, 1.165) is 57.0 Å². The molecule has 4 heterocycles. The summed E-state index contributed by atoms with van der Waals surface area (Å²) >= 11 is 0. The Balaban J connectivity index is 1.24. The number of anilines is 1. The van der Waals surface area contributed by atoms with Gasteiger partial charge in [0, 0.05) is 80.3 Å². The minimum atomic E-state index is 0.125. The molecule has 1 aromatic heterocycles. The lowest BCUT2D eigenvalue weighted by Crippen LogP contribution is -2.30. The summed E-state index contributed by atoms with van der Waals surface area (Å²) < 4.78 is 0. The number of fused-ring (bicyclic) bond motifs is 1. The van der Waals surface area contributed by atoms with Gasteiger partial charge in [0.15, 0.2) is 0 Å². The van der Waals surface area contributed by atoms with Gasteiger partial charge in [-0.2, -0.15) is 0 Å². The molecule has 0 bridgehead atoms. The Kier molecular flexibility index (Phi) is 5.19. The number of carbonyl (C=O) groups is 1. The molecule has 2 saturated heterocycles. The van der Waals surface area contributed by atoms with Crippen molar-refractivity contribution in [2.45, 2.75) is 44.6 Å². The molecule has 6 heteroatoms. The molecule has 0 radical (unpaired) electrons. The molecule has 1 atom stereocenters. The van der Waals surface area contributed by atoms with Gasteiger partial charge in [-0.05, 0) is 49.9 Å². The molecule has 5 rings (SSSR count). The van der Waals surface area contributed by atoms with E-state index in [1.807, 2.05) is 23.2 Å². The third-order valence-electron chi connectivity index (χ3n) is 6.50. The van der Waals surface area contributed by atoms with E-state index in [0.29, 0.717) is 6.54 Å². The van der Waals surface area contributed by atoms with Crippen LogP contribution in [0.2, 0.25) is 0 Å². The van der Waals surface area contributed by atoms with Gasteiger partial charge in [0.1, 0.15) is 5.82 Å². The van der Waals surface area contributed by atoms with Crippen LogP contribution >= 0.6 is 0 Å². The second-order valence-electron chi connectivity index (χ2n) is 8.46. The Morgan fingerprint density at radius 3 is 2.72 bits per heavy atom. The largest absolute Gasteiger partial charge is 0.372 e. The Bertz CT molecular complexity index is 875. The Hall–Kier alpha value is -2.47. The van der Waals surface area contributed by atoms with E-state index in [4.69, 9.17) is 4.98 Å². The number of nitrogens with zero attached hydrogens (tertiary/aromatic N) is 4. The average Bonchev–Trinajstić information content (AvgIpc) is 3.29. The highest BCUT2D eigenvalue weighted by molar-refractivity contribution is 5.94. The Morgan fingerprint density at radius 2 is 1.90 bits per heavy atom. The zero-order valence-corrected chi connectivity index (χ0v) is 16.9. The number of hydrogen-bond donors (Lipinski definition) is 1. The van der Waals surface area contributed by atoms with Gasteiger partial charge in [-0.25, -0.2) is 9.97 Å². The van der Waals surface area contributed by atoms with E-state index in [1.165, 1.54) is 36.2 Å². The van der Waals surface area contributed by atoms with Crippen LogP contribution in [0.3, 0.4) is 0 Å². The summed E-state index contributed by atoms with van der Waals surface area (Å²) in [6.45, 7) is 5.57. The number of likely N-dealkylation sites (tertiary alicyclic amines) is 1. The molecule has 1 amide bonds. The van der Waals surface area contributed by atoms with Crippen molar-refractivity contribution in [1.82, 2.24) is 20.2 Å². The summed E-state index contributed by atoms with van der Waals surface area (Å²) in [7, 11) is 0. The summed E-state index contributed by atoms with van der Waals surface area (Å²) in [5.41, 5.74) is 4.40. The van der Waals surface area contributed by atoms with Gasteiger partial charge in [-0.3, -0.25) is 4.79 Å². The summed E-state index contributed by atoms with van der Waals surface area (Å²) in [5, 5.41) is 3.36. The fourth-order valence-corrected chi connectivity index (χ4v) is 4.75. The number of amides is 1. The van der Waals surface area contributed by atoms with Crippen LogP contribution in [0.5, 0.6) is 0 Å². The monoisotopic (exact) mass is 391 g/mol. The number of piperidine rings is 1. The maximum atomic E-state index is 13.0. The highest BCUT2D eigenvalue weighted by atomic mass is 16.2. The second-order valence-corrected chi connectivity index (χ2v) is 8.46. The van der Waals surface area contributed by atoms with Gasteiger partial charge >= 0.3 is 0 Å². The van der Waals surface area contributed by atoms with E-state index in [9.17, 15) is 4.79 Å². The predicted octanol–water partition coefficient (Wildman–Crippen LogP) is 2.74. The van der Waals surface area contributed by atoms with E-state index in [2.05, 4.69) is 27.3 Å².